The van der Waals surface area contributed by atoms with Gasteiger partial charge < -0.3 is 25.5 Å². The number of carbonyl (C=O) groups excluding carboxylic acids is 1. The third kappa shape index (κ3) is 4.11. The van der Waals surface area contributed by atoms with E-state index in [0.717, 1.165) is 4.90 Å². The van der Waals surface area contributed by atoms with Gasteiger partial charge in [0, 0.05) is 13.0 Å². The average molecular weight is 288 g/mol. The molecule has 0 aromatic rings. The first-order valence-corrected chi connectivity index (χ1v) is 6.07. The average Bonchev–Trinajstić information content (AvgIpc) is 2.82. The highest BCUT2D eigenvalue weighted by Gasteiger charge is 2.35. The summed E-state index contributed by atoms with van der Waals surface area (Å²) in [6, 6.07) is -3.12. The fraction of sp³-hybridized carbons (Fsp3) is 0.636. The fourth-order valence-electron chi connectivity index (χ4n) is 2.02. The van der Waals surface area contributed by atoms with Crippen LogP contribution in [0.25, 0.3) is 0 Å². The molecule has 1 rings (SSSR count). The Morgan fingerprint density at radius 1 is 1.20 bits per heavy atom. The molecule has 112 valence electrons. The Hall–Kier alpha value is -2.32. The van der Waals surface area contributed by atoms with Crippen molar-refractivity contribution < 1.29 is 34.5 Å². The zero-order valence-electron chi connectivity index (χ0n) is 10.6. The summed E-state index contributed by atoms with van der Waals surface area (Å²) in [5.74, 6) is -3.67. The van der Waals surface area contributed by atoms with Crippen molar-refractivity contribution in [2.45, 2.75) is 37.8 Å². The van der Waals surface area contributed by atoms with E-state index in [-0.39, 0.29) is 13.0 Å². The van der Waals surface area contributed by atoms with Gasteiger partial charge in [0.25, 0.3) is 0 Å². The highest BCUT2D eigenvalue weighted by atomic mass is 16.4. The fourth-order valence-corrected chi connectivity index (χ4v) is 2.02. The van der Waals surface area contributed by atoms with E-state index >= 15 is 0 Å². The molecular formula is C11H16N2O7. The second kappa shape index (κ2) is 6.73. The van der Waals surface area contributed by atoms with Crippen molar-refractivity contribution in [3.05, 3.63) is 0 Å². The van der Waals surface area contributed by atoms with Gasteiger partial charge in [0.1, 0.15) is 12.1 Å². The summed E-state index contributed by atoms with van der Waals surface area (Å²) >= 11 is 0. The van der Waals surface area contributed by atoms with E-state index in [2.05, 4.69) is 5.32 Å². The lowest BCUT2D eigenvalue weighted by Crippen LogP contribution is -2.51. The van der Waals surface area contributed by atoms with Gasteiger partial charge in [0.2, 0.25) is 0 Å². The summed E-state index contributed by atoms with van der Waals surface area (Å²) in [5, 5.41) is 28.5. The summed E-state index contributed by atoms with van der Waals surface area (Å²) in [6.45, 7) is 0.230. The third-order valence-corrected chi connectivity index (χ3v) is 3.04. The normalized spacial score (nSPS) is 19.4. The van der Waals surface area contributed by atoms with E-state index in [1.165, 1.54) is 0 Å². The number of hydrogen-bond acceptors (Lipinski definition) is 4. The smallest absolute Gasteiger partial charge is 0.326 e. The zero-order valence-corrected chi connectivity index (χ0v) is 10.6. The maximum atomic E-state index is 11.9. The van der Waals surface area contributed by atoms with Crippen LogP contribution in [0.5, 0.6) is 0 Å². The van der Waals surface area contributed by atoms with Crippen LogP contribution in [-0.4, -0.2) is 62.8 Å². The van der Waals surface area contributed by atoms with Crippen molar-refractivity contribution in [1.29, 1.82) is 0 Å². The molecule has 1 fully saturated rings. The number of carbonyl (C=O) groups is 4. The van der Waals surface area contributed by atoms with Crippen LogP contribution >= 0.6 is 0 Å². The second-order valence-corrected chi connectivity index (χ2v) is 4.46. The molecule has 0 aromatic heterocycles. The third-order valence-electron chi connectivity index (χ3n) is 3.04. The first-order chi connectivity index (χ1) is 9.32. The molecule has 0 saturated carbocycles. The minimum Gasteiger partial charge on any atom is -0.481 e. The van der Waals surface area contributed by atoms with E-state index in [1.807, 2.05) is 0 Å². The molecule has 1 aliphatic rings. The number of rotatable bonds is 6. The number of carboxylic acid groups (broad SMARTS) is 3. The van der Waals surface area contributed by atoms with Crippen LogP contribution in [0.4, 0.5) is 4.79 Å². The van der Waals surface area contributed by atoms with Crippen LogP contribution < -0.4 is 5.32 Å². The van der Waals surface area contributed by atoms with Crippen LogP contribution in [-0.2, 0) is 14.4 Å². The first-order valence-electron chi connectivity index (χ1n) is 6.07. The molecule has 9 nitrogen and oxygen atoms in total. The molecule has 2 unspecified atom stereocenters. The molecule has 9 heteroatoms. The molecule has 20 heavy (non-hydrogen) atoms. The molecule has 0 radical (unpaired) electrons. The van der Waals surface area contributed by atoms with E-state index in [0.29, 0.717) is 12.8 Å². The number of nitrogens with zero attached hydrogens (tertiary/aromatic N) is 1. The second-order valence-electron chi connectivity index (χ2n) is 4.46. The molecule has 2 atom stereocenters. The van der Waals surface area contributed by atoms with Gasteiger partial charge in [-0.3, -0.25) is 4.79 Å². The molecule has 0 aliphatic carbocycles. The topological polar surface area (TPSA) is 144 Å². The van der Waals surface area contributed by atoms with Crippen LogP contribution in [0.2, 0.25) is 0 Å². The van der Waals surface area contributed by atoms with Crippen molar-refractivity contribution in [2.75, 3.05) is 6.54 Å². The number of aliphatic carboxylic acids is 3. The molecule has 0 spiro atoms. The Labute approximate surface area is 114 Å². The predicted octanol–water partition coefficient (Wildman–Crippen LogP) is -0.437. The lowest BCUT2D eigenvalue weighted by Gasteiger charge is -2.24. The Kier molecular flexibility index (Phi) is 5.30. The van der Waals surface area contributed by atoms with Crippen LogP contribution in [0.3, 0.4) is 0 Å². The van der Waals surface area contributed by atoms with Gasteiger partial charge in [0.05, 0.1) is 0 Å². The number of nitrogens with one attached hydrogen (secondary N) is 1. The number of hydrogen-bond donors (Lipinski definition) is 4. The molecular weight excluding hydrogens is 272 g/mol. The standard InChI is InChI=1S/C11H16N2O7/c14-8(15)4-3-6(9(16)17)12-11(20)13-5-1-2-7(13)10(18)19/h6-7H,1-5H2,(H,12,20)(H,14,15)(H,16,17)(H,18,19). The monoisotopic (exact) mass is 288 g/mol. The largest absolute Gasteiger partial charge is 0.481 e. The number of carboxylic acids is 3. The minimum atomic E-state index is -1.36. The number of likely N-dealkylation sites (tertiary alicyclic amines) is 1. The van der Waals surface area contributed by atoms with Crippen LogP contribution in [0.1, 0.15) is 25.7 Å². The van der Waals surface area contributed by atoms with Crippen LogP contribution in [0.15, 0.2) is 0 Å². The van der Waals surface area contributed by atoms with E-state index in [4.69, 9.17) is 15.3 Å². The highest BCUT2D eigenvalue weighted by molar-refractivity contribution is 5.86. The number of amides is 2. The summed E-state index contributed by atoms with van der Waals surface area (Å²) in [7, 11) is 0. The van der Waals surface area contributed by atoms with Gasteiger partial charge in [-0.05, 0) is 19.3 Å². The molecule has 0 bridgehead atoms. The Morgan fingerprint density at radius 2 is 1.85 bits per heavy atom. The van der Waals surface area contributed by atoms with E-state index in [9.17, 15) is 19.2 Å². The van der Waals surface area contributed by atoms with Crippen molar-refractivity contribution >= 4 is 23.9 Å². The highest BCUT2D eigenvalue weighted by Crippen LogP contribution is 2.17. The maximum absolute atomic E-state index is 11.9. The lowest BCUT2D eigenvalue weighted by atomic mass is 10.1. The summed E-state index contributed by atoms with van der Waals surface area (Å²) in [6.07, 6.45) is 0.175. The summed E-state index contributed by atoms with van der Waals surface area (Å²) < 4.78 is 0. The number of urea groups is 1. The maximum Gasteiger partial charge on any atom is 0.326 e. The van der Waals surface area contributed by atoms with Gasteiger partial charge in [-0.1, -0.05) is 0 Å². The minimum absolute atomic E-state index is 0.230. The van der Waals surface area contributed by atoms with Crippen molar-refractivity contribution in [2.24, 2.45) is 0 Å². The Balaban J connectivity index is 2.63. The molecule has 4 N–H and O–H groups in total. The zero-order chi connectivity index (χ0) is 15.3. The quantitative estimate of drug-likeness (QED) is 0.518. The molecule has 1 heterocycles. The molecule has 1 aliphatic heterocycles. The van der Waals surface area contributed by atoms with Gasteiger partial charge in [-0.25, -0.2) is 14.4 Å². The summed E-state index contributed by atoms with van der Waals surface area (Å²) in [5.41, 5.74) is 0. The molecule has 2 amide bonds. The van der Waals surface area contributed by atoms with E-state index in [1.54, 1.807) is 0 Å². The Morgan fingerprint density at radius 3 is 2.35 bits per heavy atom. The van der Waals surface area contributed by atoms with Crippen molar-refractivity contribution in [1.82, 2.24) is 10.2 Å². The van der Waals surface area contributed by atoms with E-state index < -0.39 is 42.4 Å². The van der Waals surface area contributed by atoms with Crippen molar-refractivity contribution in [3.63, 3.8) is 0 Å². The SMILES string of the molecule is O=C(O)CCC(NC(=O)N1CCCC1C(=O)O)C(=O)O. The summed E-state index contributed by atoms with van der Waals surface area (Å²) in [4.78, 5) is 45.2. The Bertz CT molecular complexity index is 423. The van der Waals surface area contributed by atoms with Gasteiger partial charge in [-0.15, -0.1) is 0 Å². The predicted molar refractivity (Wildman–Crippen MR) is 64.2 cm³/mol. The van der Waals surface area contributed by atoms with Gasteiger partial charge in [0.15, 0.2) is 0 Å². The lowest BCUT2D eigenvalue weighted by molar-refractivity contribution is -0.141. The molecule has 1 saturated heterocycles. The van der Waals surface area contributed by atoms with Crippen molar-refractivity contribution in [3.8, 4) is 0 Å². The molecule has 0 aromatic carbocycles. The van der Waals surface area contributed by atoms with Gasteiger partial charge in [-0.2, -0.15) is 0 Å². The van der Waals surface area contributed by atoms with Crippen LogP contribution in [0, 0.1) is 0 Å². The first kappa shape index (κ1) is 15.7. The van der Waals surface area contributed by atoms with Gasteiger partial charge >= 0.3 is 23.9 Å².